The summed E-state index contributed by atoms with van der Waals surface area (Å²) in [6, 6.07) is 21.9. The summed E-state index contributed by atoms with van der Waals surface area (Å²) < 4.78 is 82.3. The second-order valence-electron chi connectivity index (χ2n) is 12.4. The third-order valence-electron chi connectivity index (χ3n) is 9.20. The number of nitrogens with one attached hydrogen (secondary N) is 1. The van der Waals surface area contributed by atoms with Gasteiger partial charge in [0.25, 0.3) is 5.91 Å². The first kappa shape index (κ1) is 34.7. The lowest BCUT2D eigenvalue weighted by atomic mass is 9.90. The number of ether oxygens (including phenoxy) is 2. The molecule has 2 aliphatic heterocycles. The Hall–Kier alpha value is -4.20. The molecule has 4 aromatic carbocycles. The standard InChI is InChI=1S/C37H35F5N2O5/c1-20-28(18-44-15-14-26(46)17-44)48-37(49-35(20)23-8-6-21(19-45)7-9-23)24-12-10-22(11-13-24)27-5-3-2-4-25(27)16-43-36(47)29-30(38)32(40)34(42)33(41)31(29)39/h2-13,20,26,28,35,37,45-46H,14-19H2,1H3,(H,43,47)/t20-,26-,28+,35+,37+/m0/s1. The van der Waals surface area contributed by atoms with Gasteiger partial charge in [0.15, 0.2) is 29.6 Å². The lowest BCUT2D eigenvalue weighted by molar-refractivity contribution is -0.276. The first-order valence-electron chi connectivity index (χ1n) is 15.9. The Morgan fingerprint density at radius 1 is 0.857 bits per heavy atom. The molecular formula is C37H35F5N2O5. The van der Waals surface area contributed by atoms with Crippen LogP contribution in [0.25, 0.3) is 11.1 Å². The second-order valence-corrected chi connectivity index (χ2v) is 12.4. The quantitative estimate of drug-likeness (QED) is 0.109. The molecule has 2 heterocycles. The molecule has 0 radical (unpaired) electrons. The molecule has 12 heteroatoms. The second kappa shape index (κ2) is 14.7. The van der Waals surface area contributed by atoms with Crippen LogP contribution in [0.5, 0.6) is 0 Å². The summed E-state index contributed by atoms with van der Waals surface area (Å²) >= 11 is 0. The minimum absolute atomic E-state index is 0.0276. The van der Waals surface area contributed by atoms with Crippen molar-refractivity contribution in [1.29, 1.82) is 0 Å². The average molecular weight is 683 g/mol. The fraction of sp³-hybridized carbons (Fsp3) is 0.324. The van der Waals surface area contributed by atoms with E-state index in [9.17, 15) is 37.0 Å². The summed E-state index contributed by atoms with van der Waals surface area (Å²) in [6.07, 6.45) is -0.912. The van der Waals surface area contributed by atoms with Gasteiger partial charge in [-0.05, 0) is 34.2 Å². The molecular weight excluding hydrogens is 647 g/mol. The van der Waals surface area contributed by atoms with Crippen LogP contribution in [0.1, 0.15) is 58.4 Å². The van der Waals surface area contributed by atoms with Crippen LogP contribution in [0, 0.1) is 35.0 Å². The van der Waals surface area contributed by atoms with Crippen molar-refractivity contribution in [1.82, 2.24) is 10.2 Å². The third-order valence-corrected chi connectivity index (χ3v) is 9.20. The van der Waals surface area contributed by atoms with Crippen LogP contribution in [0.3, 0.4) is 0 Å². The van der Waals surface area contributed by atoms with Crippen LogP contribution in [-0.4, -0.2) is 52.9 Å². The zero-order chi connectivity index (χ0) is 34.8. The maximum Gasteiger partial charge on any atom is 0.257 e. The summed E-state index contributed by atoms with van der Waals surface area (Å²) in [4.78, 5) is 14.8. The van der Waals surface area contributed by atoms with E-state index in [1.807, 2.05) is 48.5 Å². The highest BCUT2D eigenvalue weighted by Crippen LogP contribution is 2.42. The summed E-state index contributed by atoms with van der Waals surface area (Å²) in [6.45, 7) is 3.70. The molecule has 4 aromatic rings. The van der Waals surface area contributed by atoms with E-state index in [2.05, 4.69) is 17.1 Å². The third kappa shape index (κ3) is 7.24. The number of benzene rings is 4. The number of carbonyl (C=O) groups excluding carboxylic acids is 1. The van der Waals surface area contributed by atoms with Crippen molar-refractivity contribution in [2.24, 2.45) is 5.92 Å². The minimum Gasteiger partial charge on any atom is -0.392 e. The number of amides is 1. The van der Waals surface area contributed by atoms with Crippen molar-refractivity contribution in [2.75, 3.05) is 19.6 Å². The molecule has 0 bridgehead atoms. The number of likely N-dealkylation sites (tertiary alicyclic amines) is 1. The Bertz CT molecular complexity index is 1780. The summed E-state index contributed by atoms with van der Waals surface area (Å²) in [5.74, 6) is -12.6. The molecule has 49 heavy (non-hydrogen) atoms. The van der Waals surface area contributed by atoms with Gasteiger partial charge < -0.3 is 25.0 Å². The van der Waals surface area contributed by atoms with Gasteiger partial charge in [0.05, 0.1) is 24.9 Å². The molecule has 3 N–H and O–H groups in total. The van der Waals surface area contributed by atoms with Gasteiger partial charge in [-0.2, -0.15) is 0 Å². The van der Waals surface area contributed by atoms with E-state index in [1.54, 1.807) is 24.3 Å². The molecule has 2 saturated heterocycles. The normalized spacial score (nSPS) is 22.7. The molecule has 0 aromatic heterocycles. The lowest BCUT2D eigenvalue weighted by Crippen LogP contribution is -2.44. The molecule has 5 atom stereocenters. The average Bonchev–Trinajstić information content (AvgIpc) is 3.54. The first-order chi connectivity index (χ1) is 23.5. The van der Waals surface area contributed by atoms with Crippen molar-refractivity contribution >= 4 is 5.91 Å². The van der Waals surface area contributed by atoms with E-state index in [0.29, 0.717) is 30.6 Å². The van der Waals surface area contributed by atoms with Gasteiger partial charge in [0.2, 0.25) is 5.82 Å². The molecule has 0 aliphatic carbocycles. The van der Waals surface area contributed by atoms with E-state index in [4.69, 9.17) is 9.47 Å². The van der Waals surface area contributed by atoms with Crippen LogP contribution >= 0.6 is 0 Å². The van der Waals surface area contributed by atoms with Gasteiger partial charge in [-0.15, -0.1) is 0 Å². The van der Waals surface area contributed by atoms with Crippen molar-refractivity contribution in [3.8, 4) is 11.1 Å². The summed E-state index contributed by atoms with van der Waals surface area (Å²) in [7, 11) is 0. The van der Waals surface area contributed by atoms with Crippen LogP contribution in [0.4, 0.5) is 22.0 Å². The zero-order valence-electron chi connectivity index (χ0n) is 26.5. The van der Waals surface area contributed by atoms with Crippen LogP contribution in [0.2, 0.25) is 0 Å². The predicted molar refractivity (Wildman–Crippen MR) is 169 cm³/mol. The Morgan fingerprint density at radius 3 is 2.12 bits per heavy atom. The van der Waals surface area contributed by atoms with Crippen LogP contribution < -0.4 is 5.32 Å². The number of rotatable bonds is 9. The fourth-order valence-corrected chi connectivity index (χ4v) is 6.40. The van der Waals surface area contributed by atoms with Crippen molar-refractivity contribution in [3.05, 3.63) is 130 Å². The molecule has 1 amide bonds. The van der Waals surface area contributed by atoms with Crippen molar-refractivity contribution in [2.45, 2.75) is 51.1 Å². The highest BCUT2D eigenvalue weighted by Gasteiger charge is 2.40. The van der Waals surface area contributed by atoms with Crippen molar-refractivity contribution < 1.29 is 46.4 Å². The first-order valence-corrected chi connectivity index (χ1v) is 15.9. The number of hydrogen-bond acceptors (Lipinski definition) is 6. The van der Waals surface area contributed by atoms with E-state index in [1.165, 1.54) is 0 Å². The van der Waals surface area contributed by atoms with Gasteiger partial charge in [-0.25, -0.2) is 22.0 Å². The lowest BCUT2D eigenvalue weighted by Gasteiger charge is -2.42. The van der Waals surface area contributed by atoms with Crippen LogP contribution in [0.15, 0.2) is 72.8 Å². The molecule has 6 rings (SSSR count). The summed E-state index contributed by atoms with van der Waals surface area (Å²) in [5, 5.41) is 21.9. The summed E-state index contributed by atoms with van der Waals surface area (Å²) in [5.41, 5.74) is 2.85. The Kier molecular flexibility index (Phi) is 10.4. The van der Waals surface area contributed by atoms with E-state index < -0.39 is 46.8 Å². The fourth-order valence-electron chi connectivity index (χ4n) is 6.40. The molecule has 0 spiro atoms. The van der Waals surface area contributed by atoms with Gasteiger partial charge in [-0.3, -0.25) is 9.69 Å². The van der Waals surface area contributed by atoms with Gasteiger partial charge in [-0.1, -0.05) is 79.7 Å². The molecule has 7 nitrogen and oxygen atoms in total. The molecule has 0 unspecified atom stereocenters. The highest BCUT2D eigenvalue weighted by atomic mass is 19.2. The smallest absolute Gasteiger partial charge is 0.257 e. The van der Waals surface area contributed by atoms with Crippen LogP contribution in [-0.2, 0) is 22.6 Å². The molecule has 2 fully saturated rings. The Balaban J connectivity index is 1.21. The number of aliphatic hydroxyl groups excluding tert-OH is 2. The Morgan fingerprint density at radius 2 is 1.49 bits per heavy atom. The van der Waals surface area contributed by atoms with Gasteiger partial charge in [0, 0.05) is 37.7 Å². The number of aliphatic hydroxyl groups is 2. The predicted octanol–water partition coefficient (Wildman–Crippen LogP) is 6.33. The van der Waals surface area contributed by atoms with E-state index in [-0.39, 0.29) is 37.4 Å². The zero-order valence-corrected chi connectivity index (χ0v) is 26.5. The maximum absolute atomic E-state index is 14.2. The number of hydrogen-bond donors (Lipinski definition) is 3. The van der Waals surface area contributed by atoms with E-state index in [0.717, 1.165) is 28.8 Å². The minimum atomic E-state index is -2.34. The van der Waals surface area contributed by atoms with Gasteiger partial charge in [0.1, 0.15) is 5.56 Å². The molecule has 258 valence electrons. The largest absolute Gasteiger partial charge is 0.392 e. The maximum atomic E-state index is 14.2. The number of nitrogens with zero attached hydrogens (tertiary/aromatic N) is 1. The van der Waals surface area contributed by atoms with Crippen molar-refractivity contribution in [3.63, 3.8) is 0 Å². The number of carbonyl (C=O) groups is 1. The van der Waals surface area contributed by atoms with Gasteiger partial charge >= 0.3 is 0 Å². The number of halogens is 5. The van der Waals surface area contributed by atoms with E-state index >= 15 is 0 Å². The SMILES string of the molecule is C[C@H]1[C@@H](CN2CC[C@H](O)C2)O[C@@H](c2ccc(-c3ccccc3CNC(=O)c3c(F)c(F)c(F)c(F)c3F)cc2)O[C@H]1c1ccc(CO)cc1. The monoisotopic (exact) mass is 682 g/mol. The highest BCUT2D eigenvalue weighted by molar-refractivity contribution is 5.95. The number of β-amino-alcohol motifs (C(OH)–C–C–N with tert-alkyl or cyclic N) is 1. The molecule has 0 saturated carbocycles. The topological polar surface area (TPSA) is 91.3 Å². The molecule has 2 aliphatic rings. The Labute approximate surface area is 279 Å².